The Morgan fingerprint density at radius 3 is 2.38 bits per heavy atom. The van der Waals surface area contributed by atoms with Crippen LogP contribution in [0.2, 0.25) is 0 Å². The first-order valence-electron chi connectivity index (χ1n) is 8.15. The highest BCUT2D eigenvalue weighted by Gasteiger charge is 2.23. The van der Waals surface area contributed by atoms with Crippen molar-refractivity contribution >= 4 is 35.2 Å². The van der Waals surface area contributed by atoms with Crippen LogP contribution >= 0.6 is 11.6 Å². The van der Waals surface area contributed by atoms with Crippen LogP contribution in [0, 0.1) is 0 Å². The summed E-state index contributed by atoms with van der Waals surface area (Å²) in [5.41, 5.74) is 0.525. The first-order chi connectivity index (χ1) is 12.5. The normalized spacial score (nSPS) is 11.3. The van der Waals surface area contributed by atoms with Crippen LogP contribution in [0.5, 0.6) is 0 Å². The van der Waals surface area contributed by atoms with Gasteiger partial charge in [0.15, 0.2) is 5.78 Å². The number of halogens is 1. The van der Waals surface area contributed by atoms with Gasteiger partial charge in [-0.1, -0.05) is 30.3 Å². The lowest BCUT2D eigenvalue weighted by atomic mass is 10.0. The number of ketones is 1. The van der Waals surface area contributed by atoms with Crippen LogP contribution in [0.4, 0.5) is 0 Å². The number of methoxy groups -OCH3 is 1. The molecule has 0 radical (unpaired) electrons. The second-order valence-electron chi connectivity index (χ2n) is 5.38. The van der Waals surface area contributed by atoms with E-state index < -0.39 is 23.9 Å². The molecule has 8 heteroatoms. The lowest BCUT2D eigenvalue weighted by Crippen LogP contribution is -2.42. The van der Waals surface area contributed by atoms with Gasteiger partial charge in [-0.05, 0) is 6.42 Å². The molecule has 0 aliphatic heterocycles. The molecule has 142 valence electrons. The summed E-state index contributed by atoms with van der Waals surface area (Å²) in [5, 5.41) is 2.50. The van der Waals surface area contributed by atoms with Crippen molar-refractivity contribution in [1.82, 2.24) is 5.32 Å². The fourth-order valence-electron chi connectivity index (χ4n) is 2.12. The molecule has 0 aliphatic carbocycles. The summed E-state index contributed by atoms with van der Waals surface area (Å²) >= 11 is 5.49. The largest absolute Gasteiger partial charge is 0.469 e. The highest BCUT2D eigenvalue weighted by atomic mass is 35.5. The fourth-order valence-corrected chi connectivity index (χ4v) is 2.19. The first-order valence-corrected chi connectivity index (χ1v) is 8.68. The van der Waals surface area contributed by atoms with Crippen LogP contribution in [0.15, 0.2) is 30.3 Å². The predicted molar refractivity (Wildman–Crippen MR) is 94.9 cm³/mol. The van der Waals surface area contributed by atoms with Crippen molar-refractivity contribution in [3.05, 3.63) is 35.9 Å². The van der Waals surface area contributed by atoms with E-state index in [1.165, 1.54) is 7.11 Å². The van der Waals surface area contributed by atoms with Gasteiger partial charge in [-0.2, -0.15) is 0 Å². The minimum absolute atomic E-state index is 0.00154. The number of amides is 1. The standard InChI is InChI=1S/C18H22ClNO6/c1-25-17(23)10-9-16(22)20-14(18(24)26-12-11-19)7-8-15(21)13-5-3-2-4-6-13/h2-6,14H,7-12H2,1H3,(H,20,22)/t14-/m0/s1. The molecular formula is C18H22ClNO6. The number of carbonyl (C=O) groups excluding carboxylic acids is 4. The van der Waals surface area contributed by atoms with Gasteiger partial charge >= 0.3 is 11.9 Å². The second kappa shape index (κ2) is 12.0. The van der Waals surface area contributed by atoms with Gasteiger partial charge in [0.25, 0.3) is 0 Å². The van der Waals surface area contributed by atoms with Crippen LogP contribution in [0.1, 0.15) is 36.0 Å². The number of Topliss-reactive ketones (excluding diaryl/α,β-unsaturated/α-hetero) is 1. The molecule has 0 heterocycles. The second-order valence-corrected chi connectivity index (χ2v) is 5.76. The summed E-state index contributed by atoms with van der Waals surface area (Å²) in [6, 6.07) is 7.65. The van der Waals surface area contributed by atoms with Gasteiger partial charge in [0.05, 0.1) is 19.4 Å². The van der Waals surface area contributed by atoms with Gasteiger partial charge in [0.2, 0.25) is 5.91 Å². The molecule has 0 aliphatic rings. The zero-order chi connectivity index (χ0) is 19.4. The Bertz CT molecular complexity index is 619. The first kappa shape index (κ1) is 21.6. The van der Waals surface area contributed by atoms with Gasteiger partial charge in [0, 0.05) is 18.4 Å². The average molecular weight is 384 g/mol. The highest BCUT2D eigenvalue weighted by molar-refractivity contribution is 6.18. The molecule has 26 heavy (non-hydrogen) atoms. The molecule has 0 spiro atoms. The molecule has 1 rings (SSSR count). The molecule has 0 bridgehead atoms. The number of ether oxygens (including phenoxy) is 2. The molecule has 0 unspecified atom stereocenters. The zero-order valence-corrected chi connectivity index (χ0v) is 15.3. The number of alkyl halides is 1. The van der Waals surface area contributed by atoms with Gasteiger partial charge in [0.1, 0.15) is 12.6 Å². The topological polar surface area (TPSA) is 98.8 Å². The van der Waals surface area contributed by atoms with Crippen molar-refractivity contribution in [2.45, 2.75) is 31.7 Å². The third-order valence-corrected chi connectivity index (χ3v) is 3.64. The number of nitrogens with one attached hydrogen (secondary N) is 1. The Kier molecular flexibility index (Phi) is 10.0. The summed E-state index contributed by atoms with van der Waals surface area (Å²) in [6.45, 7) is 0.00154. The number of hydrogen-bond donors (Lipinski definition) is 1. The maximum Gasteiger partial charge on any atom is 0.328 e. The van der Waals surface area contributed by atoms with Gasteiger partial charge < -0.3 is 14.8 Å². The zero-order valence-electron chi connectivity index (χ0n) is 14.5. The molecule has 1 amide bonds. The Morgan fingerprint density at radius 1 is 1.08 bits per heavy atom. The Hall–Kier alpha value is -2.41. The average Bonchev–Trinajstić information content (AvgIpc) is 2.67. The maximum absolute atomic E-state index is 12.2. The van der Waals surface area contributed by atoms with Gasteiger partial charge in [-0.25, -0.2) is 4.79 Å². The van der Waals surface area contributed by atoms with Crippen molar-refractivity contribution in [1.29, 1.82) is 0 Å². The van der Waals surface area contributed by atoms with Crippen molar-refractivity contribution in [2.24, 2.45) is 0 Å². The molecule has 0 saturated carbocycles. The Balaban J connectivity index is 2.63. The fraction of sp³-hybridized carbons (Fsp3) is 0.444. The maximum atomic E-state index is 12.2. The van der Waals surface area contributed by atoms with Crippen molar-refractivity contribution in [3.8, 4) is 0 Å². The van der Waals surface area contributed by atoms with E-state index in [1.807, 2.05) is 0 Å². The van der Waals surface area contributed by atoms with Crippen molar-refractivity contribution in [2.75, 3.05) is 19.6 Å². The van der Waals surface area contributed by atoms with E-state index in [9.17, 15) is 19.2 Å². The van der Waals surface area contributed by atoms with Crippen LogP contribution in [0.25, 0.3) is 0 Å². The molecule has 1 aromatic carbocycles. The SMILES string of the molecule is COC(=O)CCC(=O)N[C@@H](CCC(=O)c1ccccc1)C(=O)OCCCl. The van der Waals surface area contributed by atoms with E-state index in [2.05, 4.69) is 10.1 Å². The molecule has 1 aromatic rings. The number of esters is 2. The van der Waals surface area contributed by atoms with E-state index in [-0.39, 0.29) is 44.0 Å². The monoisotopic (exact) mass is 383 g/mol. The Labute approximate surface area is 157 Å². The van der Waals surface area contributed by atoms with Gasteiger partial charge in [-0.3, -0.25) is 14.4 Å². The van der Waals surface area contributed by atoms with Crippen molar-refractivity contribution < 1.29 is 28.7 Å². The molecule has 1 atom stereocenters. The van der Waals surface area contributed by atoms with Gasteiger partial charge in [-0.15, -0.1) is 11.6 Å². The van der Waals surface area contributed by atoms with E-state index >= 15 is 0 Å². The molecule has 0 aromatic heterocycles. The van der Waals surface area contributed by atoms with Crippen molar-refractivity contribution in [3.63, 3.8) is 0 Å². The lowest BCUT2D eigenvalue weighted by molar-refractivity contribution is -0.147. The third kappa shape index (κ3) is 8.11. The molecular weight excluding hydrogens is 362 g/mol. The third-order valence-electron chi connectivity index (χ3n) is 3.48. The van der Waals surface area contributed by atoms with Crippen LogP contribution in [0.3, 0.4) is 0 Å². The Morgan fingerprint density at radius 2 is 1.77 bits per heavy atom. The number of carbonyl (C=O) groups is 4. The number of hydrogen-bond acceptors (Lipinski definition) is 6. The summed E-state index contributed by atoms with van der Waals surface area (Å²) in [4.78, 5) is 47.3. The quantitative estimate of drug-likeness (QED) is 0.356. The van der Waals surface area contributed by atoms with Crippen LogP contribution in [-0.4, -0.2) is 49.3 Å². The van der Waals surface area contributed by atoms with Crippen LogP contribution in [-0.2, 0) is 23.9 Å². The van der Waals surface area contributed by atoms with E-state index in [1.54, 1.807) is 30.3 Å². The minimum atomic E-state index is -0.990. The minimum Gasteiger partial charge on any atom is -0.469 e. The summed E-state index contributed by atoms with van der Waals surface area (Å²) < 4.78 is 9.41. The molecule has 0 fully saturated rings. The smallest absolute Gasteiger partial charge is 0.328 e. The van der Waals surface area contributed by atoms with E-state index in [0.29, 0.717) is 5.56 Å². The molecule has 0 saturated heterocycles. The predicted octanol–water partition coefficient (Wildman–Crippen LogP) is 1.87. The summed E-state index contributed by atoms with van der Waals surface area (Å²) in [6.07, 6.45) is -0.0892. The summed E-state index contributed by atoms with van der Waals surface area (Å²) in [5.74, 6) is -1.73. The number of rotatable bonds is 11. The lowest BCUT2D eigenvalue weighted by Gasteiger charge is -2.17. The molecule has 1 N–H and O–H groups in total. The summed E-state index contributed by atoms with van der Waals surface area (Å²) in [7, 11) is 1.22. The highest BCUT2D eigenvalue weighted by Crippen LogP contribution is 2.09. The number of benzene rings is 1. The van der Waals surface area contributed by atoms with Crippen LogP contribution < -0.4 is 5.32 Å². The van der Waals surface area contributed by atoms with E-state index in [4.69, 9.17) is 16.3 Å². The van der Waals surface area contributed by atoms with E-state index in [0.717, 1.165) is 0 Å². The molecule has 7 nitrogen and oxygen atoms in total.